The maximum Gasteiger partial charge on any atom is 0.264 e. The average Bonchev–Trinajstić information content (AvgIpc) is 3.26. The molecule has 0 bridgehead atoms. The number of carbonyl (C=O) groups is 1. The van der Waals surface area contributed by atoms with Crippen LogP contribution in [0.1, 0.15) is 23.2 Å². The monoisotopic (exact) mass is 462 g/mol. The van der Waals surface area contributed by atoms with E-state index in [1.54, 1.807) is 74.5 Å². The number of anilines is 2. The molecule has 3 aromatic carbocycles. The molecule has 1 N–H and O–H groups in total. The van der Waals surface area contributed by atoms with Gasteiger partial charge in [-0.2, -0.15) is 4.98 Å². The lowest BCUT2D eigenvalue weighted by molar-refractivity contribution is 0.102. The van der Waals surface area contributed by atoms with Crippen molar-refractivity contribution in [2.75, 3.05) is 16.2 Å². The van der Waals surface area contributed by atoms with Crippen LogP contribution in [0.15, 0.2) is 88.3 Å². The standard InChI is InChI=1S/C24H22N4O4S/c1-3-28(19-11-5-4-6-12-19)33(30,31)20-13-9-10-18(16-20)24(29)26-22-15-8-7-14-21(22)23-25-17(2)32-27-23/h4-16H,3H2,1-2H3,(H,26,29). The molecular weight excluding hydrogens is 440 g/mol. The molecule has 0 saturated carbocycles. The Morgan fingerprint density at radius 3 is 2.42 bits per heavy atom. The Balaban J connectivity index is 1.63. The molecule has 1 amide bonds. The lowest BCUT2D eigenvalue weighted by Gasteiger charge is -2.23. The van der Waals surface area contributed by atoms with E-state index >= 15 is 0 Å². The Morgan fingerprint density at radius 2 is 1.73 bits per heavy atom. The van der Waals surface area contributed by atoms with Gasteiger partial charge in [-0.1, -0.05) is 41.6 Å². The van der Waals surface area contributed by atoms with Crippen LogP contribution in [0.4, 0.5) is 11.4 Å². The number of hydrogen-bond donors (Lipinski definition) is 1. The molecular formula is C24H22N4O4S. The average molecular weight is 463 g/mol. The second kappa shape index (κ2) is 9.25. The Kier molecular flexibility index (Phi) is 6.23. The minimum atomic E-state index is -3.86. The molecule has 33 heavy (non-hydrogen) atoms. The van der Waals surface area contributed by atoms with E-state index in [1.165, 1.54) is 16.4 Å². The third-order valence-electron chi connectivity index (χ3n) is 4.96. The number of aromatic nitrogens is 2. The first kappa shape index (κ1) is 22.2. The van der Waals surface area contributed by atoms with Gasteiger partial charge >= 0.3 is 0 Å². The summed E-state index contributed by atoms with van der Waals surface area (Å²) in [4.78, 5) is 17.2. The summed E-state index contributed by atoms with van der Waals surface area (Å²) in [6, 6.07) is 21.9. The van der Waals surface area contributed by atoms with Gasteiger partial charge in [0.25, 0.3) is 15.9 Å². The Labute approximate surface area is 191 Å². The zero-order chi connectivity index (χ0) is 23.4. The van der Waals surface area contributed by atoms with E-state index in [0.29, 0.717) is 28.7 Å². The molecule has 0 fully saturated rings. The molecule has 0 spiro atoms. The molecule has 9 heteroatoms. The van der Waals surface area contributed by atoms with Crippen molar-refractivity contribution in [1.82, 2.24) is 10.1 Å². The summed E-state index contributed by atoms with van der Waals surface area (Å²) < 4.78 is 33.0. The highest BCUT2D eigenvalue weighted by Crippen LogP contribution is 2.27. The van der Waals surface area contributed by atoms with E-state index in [9.17, 15) is 13.2 Å². The third-order valence-corrected chi connectivity index (χ3v) is 6.86. The zero-order valence-electron chi connectivity index (χ0n) is 18.1. The number of nitrogens with one attached hydrogen (secondary N) is 1. The number of rotatable bonds is 7. The number of nitrogens with zero attached hydrogens (tertiary/aromatic N) is 3. The molecule has 0 aliphatic rings. The van der Waals surface area contributed by atoms with Crippen molar-refractivity contribution in [3.8, 4) is 11.4 Å². The van der Waals surface area contributed by atoms with Crippen LogP contribution in [-0.4, -0.2) is 31.0 Å². The van der Waals surface area contributed by atoms with Crippen LogP contribution in [0, 0.1) is 6.92 Å². The summed E-state index contributed by atoms with van der Waals surface area (Å²) in [6.45, 7) is 3.69. The predicted octanol–water partition coefficient (Wildman–Crippen LogP) is 4.51. The van der Waals surface area contributed by atoms with Gasteiger partial charge < -0.3 is 9.84 Å². The smallest absolute Gasteiger partial charge is 0.264 e. The van der Waals surface area contributed by atoms with Gasteiger partial charge in [0.1, 0.15) is 0 Å². The van der Waals surface area contributed by atoms with Crippen molar-refractivity contribution in [2.24, 2.45) is 0 Å². The van der Waals surface area contributed by atoms with Crippen LogP contribution in [0.2, 0.25) is 0 Å². The van der Waals surface area contributed by atoms with Crippen molar-refractivity contribution in [2.45, 2.75) is 18.7 Å². The van der Waals surface area contributed by atoms with Crippen LogP contribution in [0.3, 0.4) is 0 Å². The van der Waals surface area contributed by atoms with Crippen LogP contribution in [0.25, 0.3) is 11.4 Å². The van der Waals surface area contributed by atoms with Gasteiger partial charge in [-0.25, -0.2) is 8.42 Å². The van der Waals surface area contributed by atoms with Crippen molar-refractivity contribution >= 4 is 27.3 Å². The largest absolute Gasteiger partial charge is 0.339 e. The highest BCUT2D eigenvalue weighted by atomic mass is 32.2. The summed E-state index contributed by atoms with van der Waals surface area (Å²) >= 11 is 0. The maximum atomic E-state index is 13.3. The summed E-state index contributed by atoms with van der Waals surface area (Å²) in [6.07, 6.45) is 0. The highest BCUT2D eigenvalue weighted by Gasteiger charge is 2.24. The SMILES string of the molecule is CCN(c1ccccc1)S(=O)(=O)c1cccc(C(=O)Nc2ccccc2-c2noc(C)n2)c1. The van der Waals surface area contributed by atoms with Gasteiger partial charge in [-0.3, -0.25) is 9.10 Å². The number of carbonyl (C=O) groups excluding carboxylic acids is 1. The molecule has 4 rings (SSSR count). The van der Waals surface area contributed by atoms with Gasteiger partial charge in [0.2, 0.25) is 11.7 Å². The molecule has 0 aliphatic heterocycles. The fraction of sp³-hybridized carbons (Fsp3) is 0.125. The van der Waals surface area contributed by atoms with Crippen molar-refractivity contribution in [3.63, 3.8) is 0 Å². The fourth-order valence-corrected chi connectivity index (χ4v) is 4.92. The predicted molar refractivity (Wildman–Crippen MR) is 126 cm³/mol. The summed E-state index contributed by atoms with van der Waals surface area (Å²) in [5, 5.41) is 6.73. The minimum absolute atomic E-state index is 0.0305. The molecule has 0 saturated heterocycles. The topological polar surface area (TPSA) is 105 Å². The van der Waals surface area contributed by atoms with Gasteiger partial charge in [0.05, 0.1) is 16.3 Å². The minimum Gasteiger partial charge on any atom is -0.339 e. The number of benzene rings is 3. The quantitative estimate of drug-likeness (QED) is 0.433. The Morgan fingerprint density at radius 1 is 1.00 bits per heavy atom. The second-order valence-electron chi connectivity index (χ2n) is 7.17. The molecule has 0 atom stereocenters. The third kappa shape index (κ3) is 4.63. The van der Waals surface area contributed by atoms with Crippen molar-refractivity contribution in [3.05, 3.63) is 90.3 Å². The Hall–Kier alpha value is -3.98. The summed E-state index contributed by atoms with van der Waals surface area (Å²) in [5.74, 6) is 0.298. The number of sulfonamides is 1. The number of para-hydroxylation sites is 2. The first-order valence-electron chi connectivity index (χ1n) is 10.3. The molecule has 4 aromatic rings. The molecule has 0 unspecified atom stereocenters. The Bertz CT molecular complexity index is 1380. The van der Waals surface area contributed by atoms with E-state index in [4.69, 9.17) is 4.52 Å². The molecule has 8 nitrogen and oxygen atoms in total. The van der Waals surface area contributed by atoms with E-state index < -0.39 is 15.9 Å². The molecule has 0 aliphatic carbocycles. The molecule has 0 radical (unpaired) electrons. The zero-order valence-corrected chi connectivity index (χ0v) is 18.9. The van der Waals surface area contributed by atoms with Crippen LogP contribution >= 0.6 is 0 Å². The van der Waals surface area contributed by atoms with E-state index in [0.717, 1.165) is 0 Å². The summed E-state index contributed by atoms with van der Waals surface area (Å²) in [5.41, 5.74) is 1.84. The first-order chi connectivity index (χ1) is 15.9. The number of aryl methyl sites for hydroxylation is 1. The molecule has 1 aromatic heterocycles. The normalized spacial score (nSPS) is 11.2. The lowest BCUT2D eigenvalue weighted by Crippen LogP contribution is -2.31. The fourth-order valence-electron chi connectivity index (χ4n) is 3.40. The highest BCUT2D eigenvalue weighted by molar-refractivity contribution is 7.92. The van der Waals surface area contributed by atoms with E-state index in [1.807, 2.05) is 6.07 Å². The summed E-state index contributed by atoms with van der Waals surface area (Å²) in [7, 11) is -3.86. The maximum absolute atomic E-state index is 13.3. The number of hydrogen-bond acceptors (Lipinski definition) is 6. The van der Waals surface area contributed by atoms with Crippen LogP contribution < -0.4 is 9.62 Å². The van der Waals surface area contributed by atoms with Gasteiger partial charge in [0.15, 0.2) is 0 Å². The van der Waals surface area contributed by atoms with Crippen molar-refractivity contribution < 1.29 is 17.7 Å². The first-order valence-corrected chi connectivity index (χ1v) is 11.7. The molecule has 168 valence electrons. The lowest BCUT2D eigenvalue weighted by atomic mass is 10.1. The van der Waals surface area contributed by atoms with E-state index in [-0.39, 0.29) is 17.0 Å². The van der Waals surface area contributed by atoms with Crippen LogP contribution in [0.5, 0.6) is 0 Å². The molecule has 1 heterocycles. The van der Waals surface area contributed by atoms with Crippen LogP contribution in [-0.2, 0) is 10.0 Å². The number of amides is 1. The second-order valence-corrected chi connectivity index (χ2v) is 9.03. The van der Waals surface area contributed by atoms with Crippen molar-refractivity contribution in [1.29, 1.82) is 0 Å². The van der Waals surface area contributed by atoms with Gasteiger partial charge in [-0.05, 0) is 49.4 Å². The van der Waals surface area contributed by atoms with Gasteiger partial charge in [0, 0.05) is 24.6 Å². The van der Waals surface area contributed by atoms with Gasteiger partial charge in [-0.15, -0.1) is 0 Å². The van der Waals surface area contributed by atoms with E-state index in [2.05, 4.69) is 15.5 Å².